The van der Waals surface area contributed by atoms with Crippen molar-refractivity contribution in [1.29, 1.82) is 0 Å². The van der Waals surface area contributed by atoms with Crippen molar-refractivity contribution in [1.82, 2.24) is 9.97 Å². The van der Waals surface area contributed by atoms with E-state index in [0.29, 0.717) is 32.9 Å². The van der Waals surface area contributed by atoms with Gasteiger partial charge in [-0.1, -0.05) is 42.5 Å². The summed E-state index contributed by atoms with van der Waals surface area (Å²) in [5.41, 5.74) is 2.16. The molecular weight excluding hydrogens is 442 g/mol. The molecular formula is C26H18F2N2O4. The maximum atomic E-state index is 14.4. The molecule has 0 aliphatic carbocycles. The lowest BCUT2D eigenvalue weighted by Crippen LogP contribution is -2.14. The van der Waals surface area contributed by atoms with Crippen LogP contribution in [-0.2, 0) is 4.74 Å². The lowest BCUT2D eigenvalue weighted by molar-refractivity contribution is 0.0593. The molecule has 5 rings (SSSR count). The fourth-order valence-electron chi connectivity index (χ4n) is 4.53. The van der Waals surface area contributed by atoms with Crippen molar-refractivity contribution in [2.24, 2.45) is 0 Å². The standard InChI is InChI=1S/C26H18F2N2O4/c1-34-26(33)24-22(15-7-3-5-9-19(15)30-24)20(13-10-11-16(27)17(28)12-13)21-14-6-2-4-8-18(14)29-23(21)25(31)32/h2-12,20,29-30H,1H3,(H,31,32). The monoisotopic (exact) mass is 460 g/mol. The summed E-state index contributed by atoms with van der Waals surface area (Å²) in [6.45, 7) is 0. The van der Waals surface area contributed by atoms with Crippen molar-refractivity contribution in [3.8, 4) is 0 Å². The van der Waals surface area contributed by atoms with Crippen molar-refractivity contribution < 1.29 is 28.2 Å². The van der Waals surface area contributed by atoms with Gasteiger partial charge in [-0.3, -0.25) is 0 Å². The Kier molecular flexibility index (Phi) is 5.13. The first-order valence-corrected chi connectivity index (χ1v) is 10.4. The number of rotatable bonds is 5. The summed E-state index contributed by atoms with van der Waals surface area (Å²) < 4.78 is 33.3. The number of esters is 1. The molecule has 0 bridgehead atoms. The van der Waals surface area contributed by atoms with Gasteiger partial charge in [-0.2, -0.15) is 0 Å². The molecule has 5 aromatic rings. The van der Waals surface area contributed by atoms with E-state index in [1.165, 1.54) is 13.2 Å². The van der Waals surface area contributed by atoms with Gasteiger partial charge in [0, 0.05) is 38.9 Å². The van der Waals surface area contributed by atoms with Gasteiger partial charge in [-0.15, -0.1) is 0 Å². The Hall–Kier alpha value is -4.46. The van der Waals surface area contributed by atoms with E-state index in [2.05, 4.69) is 9.97 Å². The number of aromatic nitrogens is 2. The molecule has 0 fully saturated rings. The average molecular weight is 460 g/mol. The molecule has 1 unspecified atom stereocenters. The number of carboxylic acids is 1. The van der Waals surface area contributed by atoms with Crippen molar-refractivity contribution in [2.45, 2.75) is 5.92 Å². The number of carbonyl (C=O) groups is 2. The van der Waals surface area contributed by atoms with Crippen LogP contribution in [0.2, 0.25) is 0 Å². The summed E-state index contributed by atoms with van der Waals surface area (Å²) >= 11 is 0. The highest BCUT2D eigenvalue weighted by atomic mass is 19.2. The van der Waals surface area contributed by atoms with Crippen LogP contribution < -0.4 is 0 Å². The van der Waals surface area contributed by atoms with Crippen LogP contribution in [0, 0.1) is 11.6 Å². The molecule has 6 nitrogen and oxygen atoms in total. The number of hydrogen-bond donors (Lipinski definition) is 3. The topological polar surface area (TPSA) is 95.2 Å². The van der Waals surface area contributed by atoms with Crippen LogP contribution in [0.4, 0.5) is 8.78 Å². The Labute approximate surface area is 191 Å². The number of carbonyl (C=O) groups excluding carboxylic acids is 1. The number of hydrogen-bond acceptors (Lipinski definition) is 3. The first-order valence-electron chi connectivity index (χ1n) is 10.4. The van der Waals surface area contributed by atoms with Crippen LogP contribution >= 0.6 is 0 Å². The second-order valence-corrected chi connectivity index (χ2v) is 7.82. The number of para-hydroxylation sites is 2. The lowest BCUT2D eigenvalue weighted by Gasteiger charge is -2.20. The highest BCUT2D eigenvalue weighted by Crippen LogP contribution is 2.43. The molecule has 0 aliphatic rings. The van der Waals surface area contributed by atoms with Gasteiger partial charge in [0.1, 0.15) is 11.4 Å². The largest absolute Gasteiger partial charge is 0.477 e. The Morgan fingerprint density at radius 3 is 1.94 bits per heavy atom. The number of aromatic carboxylic acids is 1. The smallest absolute Gasteiger partial charge is 0.354 e. The molecule has 8 heteroatoms. The molecule has 3 aromatic carbocycles. The Balaban J connectivity index is 1.95. The summed E-state index contributed by atoms with van der Waals surface area (Å²) in [7, 11) is 1.23. The average Bonchev–Trinajstić information content (AvgIpc) is 3.41. The van der Waals surface area contributed by atoms with Gasteiger partial charge < -0.3 is 19.8 Å². The van der Waals surface area contributed by atoms with E-state index in [1.54, 1.807) is 48.5 Å². The predicted octanol–water partition coefficient (Wildman–Crippen LogP) is 5.59. The van der Waals surface area contributed by atoms with Crippen LogP contribution in [0.1, 0.15) is 43.6 Å². The minimum absolute atomic E-state index is 0.0973. The summed E-state index contributed by atoms with van der Waals surface area (Å²) in [6.07, 6.45) is 0. The van der Waals surface area contributed by atoms with Crippen molar-refractivity contribution in [2.75, 3.05) is 7.11 Å². The molecule has 0 saturated carbocycles. The first-order chi connectivity index (χ1) is 16.4. The van der Waals surface area contributed by atoms with E-state index in [4.69, 9.17) is 4.74 Å². The molecule has 0 aliphatic heterocycles. The quantitative estimate of drug-likeness (QED) is 0.298. The number of benzene rings is 3. The predicted molar refractivity (Wildman–Crippen MR) is 122 cm³/mol. The second-order valence-electron chi connectivity index (χ2n) is 7.82. The normalized spacial score (nSPS) is 12.2. The zero-order chi connectivity index (χ0) is 24.0. The molecule has 2 heterocycles. The van der Waals surface area contributed by atoms with Gasteiger partial charge in [0.2, 0.25) is 0 Å². The van der Waals surface area contributed by atoms with E-state index in [0.717, 1.165) is 12.1 Å². The number of carboxylic acid groups (broad SMARTS) is 1. The number of fused-ring (bicyclic) bond motifs is 2. The van der Waals surface area contributed by atoms with Crippen molar-refractivity contribution in [3.63, 3.8) is 0 Å². The Morgan fingerprint density at radius 2 is 1.38 bits per heavy atom. The zero-order valence-electron chi connectivity index (χ0n) is 17.9. The van der Waals surface area contributed by atoms with Crippen LogP contribution in [0.25, 0.3) is 21.8 Å². The SMILES string of the molecule is COC(=O)c1[nH]c2ccccc2c1C(c1ccc(F)c(F)c1)c1c(C(=O)O)[nH]c2ccccc12. The lowest BCUT2D eigenvalue weighted by atomic mass is 9.81. The third kappa shape index (κ3) is 3.31. The fourth-order valence-corrected chi connectivity index (χ4v) is 4.53. The maximum absolute atomic E-state index is 14.4. The molecule has 2 aromatic heterocycles. The summed E-state index contributed by atoms with van der Waals surface area (Å²) in [4.78, 5) is 31.1. The maximum Gasteiger partial charge on any atom is 0.354 e. The van der Waals surface area contributed by atoms with E-state index in [-0.39, 0.29) is 17.0 Å². The summed E-state index contributed by atoms with van der Waals surface area (Å²) in [6, 6.07) is 17.5. The van der Waals surface area contributed by atoms with Gasteiger partial charge in [-0.05, 0) is 29.8 Å². The highest BCUT2D eigenvalue weighted by Gasteiger charge is 2.33. The molecule has 34 heavy (non-hydrogen) atoms. The van der Waals surface area contributed by atoms with Crippen LogP contribution in [-0.4, -0.2) is 34.1 Å². The van der Waals surface area contributed by atoms with E-state index < -0.39 is 29.5 Å². The number of ether oxygens (including phenoxy) is 1. The molecule has 0 spiro atoms. The fraction of sp³-hybridized carbons (Fsp3) is 0.0769. The third-order valence-corrected chi connectivity index (χ3v) is 5.95. The van der Waals surface area contributed by atoms with Gasteiger partial charge in [0.05, 0.1) is 7.11 Å². The number of nitrogens with one attached hydrogen (secondary N) is 2. The minimum atomic E-state index is -1.22. The highest BCUT2D eigenvalue weighted by molar-refractivity contribution is 6.03. The van der Waals surface area contributed by atoms with Gasteiger partial charge >= 0.3 is 11.9 Å². The number of aromatic amines is 2. The molecule has 0 radical (unpaired) electrons. The molecule has 170 valence electrons. The Bertz CT molecular complexity index is 1580. The van der Waals surface area contributed by atoms with Crippen LogP contribution in [0.3, 0.4) is 0 Å². The molecule has 3 N–H and O–H groups in total. The zero-order valence-corrected chi connectivity index (χ0v) is 17.9. The van der Waals surface area contributed by atoms with E-state index in [9.17, 15) is 23.5 Å². The molecule has 0 amide bonds. The van der Waals surface area contributed by atoms with Gasteiger partial charge in [0.15, 0.2) is 11.6 Å². The van der Waals surface area contributed by atoms with Crippen molar-refractivity contribution >= 4 is 33.7 Å². The first kappa shape index (κ1) is 21.4. The molecule has 0 saturated heterocycles. The second kappa shape index (κ2) is 8.15. The number of halogens is 2. The molecule has 1 atom stereocenters. The Morgan fingerprint density at radius 1 is 0.824 bits per heavy atom. The van der Waals surface area contributed by atoms with Crippen LogP contribution in [0.15, 0.2) is 66.7 Å². The third-order valence-electron chi connectivity index (χ3n) is 5.95. The number of methoxy groups -OCH3 is 1. The minimum Gasteiger partial charge on any atom is -0.477 e. The van der Waals surface area contributed by atoms with Gasteiger partial charge in [-0.25, -0.2) is 18.4 Å². The summed E-state index contributed by atoms with van der Waals surface area (Å²) in [5, 5.41) is 11.2. The van der Waals surface area contributed by atoms with Crippen LogP contribution in [0.5, 0.6) is 0 Å². The van der Waals surface area contributed by atoms with Crippen molar-refractivity contribution in [3.05, 3.63) is 106 Å². The van der Waals surface area contributed by atoms with Gasteiger partial charge in [0.25, 0.3) is 0 Å². The number of H-pyrrole nitrogens is 2. The van der Waals surface area contributed by atoms with E-state index in [1.807, 2.05) is 0 Å². The summed E-state index contributed by atoms with van der Waals surface area (Å²) in [5.74, 6) is -4.96. The van der Waals surface area contributed by atoms with E-state index >= 15 is 0 Å².